The minimum atomic E-state index is -0.575. The van der Waals surface area contributed by atoms with E-state index in [9.17, 15) is 4.79 Å². The summed E-state index contributed by atoms with van der Waals surface area (Å²) in [6.07, 6.45) is 0. The lowest BCUT2D eigenvalue weighted by molar-refractivity contribution is 0.0995. The molecule has 2 aromatic rings. The minimum absolute atomic E-state index is 0.184. The maximum atomic E-state index is 11.1. The molecule has 0 radical (unpaired) electrons. The molecule has 0 unspecified atom stereocenters. The van der Waals surface area contributed by atoms with E-state index in [0.717, 1.165) is 5.56 Å². The van der Waals surface area contributed by atoms with Crippen molar-refractivity contribution in [2.45, 2.75) is 6.54 Å². The summed E-state index contributed by atoms with van der Waals surface area (Å²) in [5.41, 5.74) is 6.38. The third kappa shape index (κ3) is 3.29. The molecule has 0 saturated carbocycles. The van der Waals surface area contributed by atoms with Crippen LogP contribution in [-0.4, -0.2) is 17.9 Å². The average molecular weight is 257 g/mol. The Kier molecular flexibility index (Phi) is 4.10. The predicted molar refractivity (Wildman–Crippen MR) is 72.0 cm³/mol. The highest BCUT2D eigenvalue weighted by atomic mass is 16.5. The molecule has 0 aliphatic carbocycles. The van der Waals surface area contributed by atoms with Crippen molar-refractivity contribution in [2.24, 2.45) is 5.73 Å². The van der Waals surface area contributed by atoms with Crippen molar-refractivity contribution in [2.75, 3.05) is 7.05 Å². The number of amides is 1. The van der Waals surface area contributed by atoms with Crippen molar-refractivity contribution >= 4 is 5.91 Å². The van der Waals surface area contributed by atoms with Gasteiger partial charge in [-0.3, -0.25) is 4.79 Å². The number of ether oxygens (including phenoxy) is 1. The molecule has 0 aliphatic heterocycles. The van der Waals surface area contributed by atoms with E-state index in [4.69, 9.17) is 10.5 Å². The van der Waals surface area contributed by atoms with Gasteiger partial charge in [-0.1, -0.05) is 24.3 Å². The van der Waals surface area contributed by atoms with Crippen LogP contribution in [0.15, 0.2) is 42.5 Å². The molecule has 1 heterocycles. The smallest absolute Gasteiger partial charge is 0.267 e. The Bertz CT molecular complexity index is 584. The van der Waals surface area contributed by atoms with Crippen molar-refractivity contribution in [1.82, 2.24) is 10.3 Å². The maximum absolute atomic E-state index is 11.1. The van der Waals surface area contributed by atoms with Crippen LogP contribution in [-0.2, 0) is 6.54 Å². The van der Waals surface area contributed by atoms with Crippen LogP contribution >= 0.6 is 0 Å². The molecule has 0 bridgehead atoms. The third-order valence-corrected chi connectivity index (χ3v) is 2.53. The van der Waals surface area contributed by atoms with Gasteiger partial charge >= 0.3 is 0 Å². The number of nitrogens with two attached hydrogens (primary N) is 1. The van der Waals surface area contributed by atoms with E-state index in [1.165, 1.54) is 0 Å². The monoisotopic (exact) mass is 257 g/mol. The van der Waals surface area contributed by atoms with Crippen LogP contribution < -0.4 is 15.8 Å². The lowest BCUT2D eigenvalue weighted by Crippen LogP contribution is -2.13. The molecule has 0 spiro atoms. The fourth-order valence-corrected chi connectivity index (χ4v) is 1.66. The summed E-state index contributed by atoms with van der Waals surface area (Å²) in [6, 6.07) is 12.6. The normalized spacial score (nSPS) is 10.2. The largest absolute Gasteiger partial charge is 0.439 e. The van der Waals surface area contributed by atoms with E-state index in [0.29, 0.717) is 18.2 Å². The number of rotatable bonds is 5. The molecule has 1 aromatic carbocycles. The molecule has 5 heteroatoms. The van der Waals surface area contributed by atoms with E-state index < -0.39 is 5.91 Å². The second-order valence-electron chi connectivity index (χ2n) is 3.97. The first kappa shape index (κ1) is 13.0. The first-order valence-corrected chi connectivity index (χ1v) is 5.88. The lowest BCUT2D eigenvalue weighted by atomic mass is 10.2. The number of benzene rings is 1. The zero-order valence-electron chi connectivity index (χ0n) is 10.6. The Labute approximate surface area is 111 Å². The standard InChI is InChI=1S/C14H15N3O2/c1-16-9-10-5-2-3-7-12(10)19-13-8-4-6-11(17-13)14(15)18/h2-8,16H,9H2,1H3,(H2,15,18). The Morgan fingerprint density at radius 1 is 1.26 bits per heavy atom. The highest BCUT2D eigenvalue weighted by molar-refractivity contribution is 5.90. The maximum Gasteiger partial charge on any atom is 0.267 e. The summed E-state index contributed by atoms with van der Waals surface area (Å²) in [5.74, 6) is 0.472. The van der Waals surface area contributed by atoms with Gasteiger partial charge in [-0.2, -0.15) is 0 Å². The van der Waals surface area contributed by atoms with Crippen molar-refractivity contribution in [3.63, 3.8) is 0 Å². The van der Waals surface area contributed by atoms with Crippen LogP contribution in [0.5, 0.6) is 11.6 Å². The molecule has 98 valence electrons. The molecule has 0 atom stereocenters. The van der Waals surface area contributed by atoms with Crippen LogP contribution in [0.2, 0.25) is 0 Å². The van der Waals surface area contributed by atoms with E-state index >= 15 is 0 Å². The Balaban J connectivity index is 2.26. The molecule has 1 aromatic heterocycles. The van der Waals surface area contributed by atoms with Gasteiger partial charge in [-0.25, -0.2) is 4.98 Å². The molecular formula is C14H15N3O2. The summed E-state index contributed by atoms with van der Waals surface area (Å²) < 4.78 is 5.69. The number of nitrogens with zero attached hydrogens (tertiary/aromatic N) is 1. The topological polar surface area (TPSA) is 77.2 Å². The van der Waals surface area contributed by atoms with Crippen molar-refractivity contribution in [1.29, 1.82) is 0 Å². The van der Waals surface area contributed by atoms with Gasteiger partial charge in [0, 0.05) is 18.2 Å². The van der Waals surface area contributed by atoms with Crippen LogP contribution in [0.3, 0.4) is 0 Å². The summed E-state index contributed by atoms with van der Waals surface area (Å²) in [7, 11) is 1.86. The van der Waals surface area contributed by atoms with E-state index in [1.54, 1.807) is 18.2 Å². The molecule has 0 fully saturated rings. The van der Waals surface area contributed by atoms with Gasteiger partial charge in [0.05, 0.1) is 0 Å². The van der Waals surface area contributed by atoms with Gasteiger partial charge in [-0.05, 0) is 19.2 Å². The summed E-state index contributed by atoms with van der Waals surface area (Å²) in [4.78, 5) is 15.1. The number of primary amides is 1. The van der Waals surface area contributed by atoms with E-state index in [1.807, 2.05) is 31.3 Å². The van der Waals surface area contributed by atoms with Gasteiger partial charge in [0.1, 0.15) is 11.4 Å². The quantitative estimate of drug-likeness (QED) is 0.854. The molecule has 1 amide bonds. The number of carbonyl (C=O) groups excluding carboxylic acids is 1. The predicted octanol–water partition coefficient (Wildman–Crippen LogP) is 1.69. The number of nitrogens with one attached hydrogen (secondary N) is 1. The molecule has 2 rings (SSSR count). The zero-order valence-corrected chi connectivity index (χ0v) is 10.6. The molecule has 19 heavy (non-hydrogen) atoms. The van der Waals surface area contributed by atoms with Gasteiger partial charge in [0.25, 0.3) is 5.91 Å². The molecule has 3 N–H and O–H groups in total. The van der Waals surface area contributed by atoms with Gasteiger partial charge < -0.3 is 15.8 Å². The first-order valence-electron chi connectivity index (χ1n) is 5.88. The first-order chi connectivity index (χ1) is 9.20. The van der Waals surface area contributed by atoms with E-state index in [-0.39, 0.29) is 5.69 Å². The lowest BCUT2D eigenvalue weighted by Gasteiger charge is -2.10. The van der Waals surface area contributed by atoms with Crippen LogP contribution in [0, 0.1) is 0 Å². The summed E-state index contributed by atoms with van der Waals surface area (Å²) in [5, 5.41) is 3.07. The number of pyridine rings is 1. The second-order valence-corrected chi connectivity index (χ2v) is 3.97. The fourth-order valence-electron chi connectivity index (χ4n) is 1.66. The number of hydrogen-bond donors (Lipinski definition) is 2. The SMILES string of the molecule is CNCc1ccccc1Oc1cccc(C(N)=O)n1. The highest BCUT2D eigenvalue weighted by Crippen LogP contribution is 2.23. The zero-order chi connectivity index (χ0) is 13.7. The van der Waals surface area contributed by atoms with Gasteiger partial charge in [-0.15, -0.1) is 0 Å². The number of aromatic nitrogens is 1. The average Bonchev–Trinajstić information content (AvgIpc) is 2.41. The summed E-state index contributed by atoms with van der Waals surface area (Å²) >= 11 is 0. The van der Waals surface area contributed by atoms with E-state index in [2.05, 4.69) is 10.3 Å². The number of hydrogen-bond acceptors (Lipinski definition) is 4. The fraction of sp³-hybridized carbons (Fsp3) is 0.143. The Morgan fingerprint density at radius 3 is 2.79 bits per heavy atom. The molecule has 0 aliphatic rings. The summed E-state index contributed by atoms with van der Waals surface area (Å²) in [6.45, 7) is 0.686. The Morgan fingerprint density at radius 2 is 2.05 bits per heavy atom. The van der Waals surface area contributed by atoms with Gasteiger partial charge in [0.15, 0.2) is 0 Å². The van der Waals surface area contributed by atoms with Crippen molar-refractivity contribution in [3.8, 4) is 11.6 Å². The molecular weight excluding hydrogens is 242 g/mol. The Hall–Kier alpha value is -2.40. The molecule has 5 nitrogen and oxygen atoms in total. The van der Waals surface area contributed by atoms with Crippen LogP contribution in [0.1, 0.15) is 16.1 Å². The number of para-hydroxylation sites is 1. The second kappa shape index (κ2) is 5.97. The van der Waals surface area contributed by atoms with Crippen LogP contribution in [0.25, 0.3) is 0 Å². The number of carbonyl (C=O) groups is 1. The highest BCUT2D eigenvalue weighted by Gasteiger charge is 2.07. The van der Waals surface area contributed by atoms with Crippen molar-refractivity contribution < 1.29 is 9.53 Å². The van der Waals surface area contributed by atoms with Crippen molar-refractivity contribution in [3.05, 3.63) is 53.7 Å². The van der Waals surface area contributed by atoms with Crippen LogP contribution in [0.4, 0.5) is 0 Å². The molecule has 0 saturated heterocycles. The third-order valence-electron chi connectivity index (χ3n) is 2.53. The van der Waals surface area contributed by atoms with Gasteiger partial charge in [0.2, 0.25) is 5.88 Å². The minimum Gasteiger partial charge on any atom is -0.439 e.